The van der Waals surface area contributed by atoms with Gasteiger partial charge in [-0.05, 0) is 24.3 Å². The van der Waals surface area contributed by atoms with Crippen molar-refractivity contribution < 1.29 is 4.79 Å². The van der Waals surface area contributed by atoms with Crippen molar-refractivity contribution >= 4 is 51.8 Å². The van der Waals surface area contributed by atoms with Crippen molar-refractivity contribution in [3.63, 3.8) is 0 Å². The Morgan fingerprint density at radius 2 is 2.00 bits per heavy atom. The highest BCUT2D eigenvalue weighted by Crippen LogP contribution is 2.33. The number of hydrogen-bond acceptors (Lipinski definition) is 3. The number of aromatic nitrogens is 1. The zero-order valence-corrected chi connectivity index (χ0v) is 13.6. The molecule has 4 nitrogen and oxygen atoms in total. The maximum Gasteiger partial charge on any atom is 0.214 e. The molecule has 0 atom stereocenters. The van der Waals surface area contributed by atoms with Gasteiger partial charge in [-0.15, -0.1) is 0 Å². The average Bonchev–Trinajstić information content (AvgIpc) is 2.58. The molecule has 1 amide bonds. The third-order valence-corrected chi connectivity index (χ3v) is 4.44. The van der Waals surface area contributed by atoms with Crippen LogP contribution in [0, 0.1) is 0 Å². The fraction of sp³-hybridized carbons (Fsp3) is 0.0588. The van der Waals surface area contributed by atoms with Gasteiger partial charge in [-0.25, -0.2) is 0 Å². The molecule has 0 radical (unpaired) electrons. The summed E-state index contributed by atoms with van der Waals surface area (Å²) in [5, 5.41) is 2.71. The minimum absolute atomic E-state index is 0.230. The van der Waals surface area contributed by atoms with E-state index in [1.807, 2.05) is 24.3 Å². The molecule has 23 heavy (non-hydrogen) atoms. The standard InChI is InChI=1S/C17H13Cl2N3O/c18-14-4-5-15(20)17(19)13(14)9-22(10-23)16-3-1-2-11-8-21-7-6-12(11)16/h1-8,10H,9,20H2. The van der Waals surface area contributed by atoms with Gasteiger partial charge in [-0.3, -0.25) is 9.78 Å². The van der Waals surface area contributed by atoms with Crippen LogP contribution in [0.5, 0.6) is 0 Å². The molecule has 0 unspecified atom stereocenters. The summed E-state index contributed by atoms with van der Waals surface area (Å²) in [5.74, 6) is 0. The first kappa shape index (κ1) is 15.6. The average molecular weight is 346 g/mol. The third kappa shape index (κ3) is 2.96. The number of benzene rings is 2. The molecule has 6 heteroatoms. The number of carbonyl (C=O) groups is 1. The van der Waals surface area contributed by atoms with Crippen molar-refractivity contribution in [1.82, 2.24) is 4.98 Å². The highest BCUT2D eigenvalue weighted by Gasteiger charge is 2.15. The van der Waals surface area contributed by atoms with E-state index in [0.717, 1.165) is 22.9 Å². The maximum atomic E-state index is 11.7. The SMILES string of the molecule is Nc1ccc(Cl)c(CN(C=O)c2cccc3cnccc23)c1Cl. The van der Waals surface area contributed by atoms with Crippen LogP contribution in [0.3, 0.4) is 0 Å². The number of amides is 1. The molecule has 0 saturated heterocycles. The van der Waals surface area contributed by atoms with Crippen molar-refractivity contribution in [3.8, 4) is 0 Å². The second-order valence-corrected chi connectivity index (χ2v) is 5.82. The van der Waals surface area contributed by atoms with Gasteiger partial charge in [0, 0.05) is 33.8 Å². The van der Waals surface area contributed by atoms with Crippen LogP contribution in [0.2, 0.25) is 10.0 Å². The smallest absolute Gasteiger partial charge is 0.214 e. The lowest BCUT2D eigenvalue weighted by molar-refractivity contribution is -0.107. The number of hydrogen-bond donors (Lipinski definition) is 1. The Labute approximate surface area is 143 Å². The lowest BCUT2D eigenvalue weighted by Gasteiger charge is -2.21. The van der Waals surface area contributed by atoms with Gasteiger partial charge in [-0.2, -0.15) is 0 Å². The zero-order valence-electron chi connectivity index (χ0n) is 12.0. The Balaban J connectivity index is 2.07. The van der Waals surface area contributed by atoms with E-state index in [4.69, 9.17) is 28.9 Å². The van der Waals surface area contributed by atoms with Gasteiger partial charge in [-0.1, -0.05) is 35.3 Å². The quantitative estimate of drug-likeness (QED) is 0.566. The summed E-state index contributed by atoms with van der Waals surface area (Å²) in [6.45, 7) is 0.230. The fourth-order valence-electron chi connectivity index (χ4n) is 2.47. The summed E-state index contributed by atoms with van der Waals surface area (Å²) >= 11 is 12.5. The number of halogens is 2. The highest BCUT2D eigenvalue weighted by atomic mass is 35.5. The minimum Gasteiger partial charge on any atom is -0.398 e. The van der Waals surface area contributed by atoms with Crippen LogP contribution in [0.15, 0.2) is 48.8 Å². The van der Waals surface area contributed by atoms with Gasteiger partial charge in [0.2, 0.25) is 6.41 Å². The van der Waals surface area contributed by atoms with E-state index in [0.29, 0.717) is 21.3 Å². The van der Waals surface area contributed by atoms with Gasteiger partial charge in [0.1, 0.15) is 0 Å². The van der Waals surface area contributed by atoms with Gasteiger partial charge in [0.05, 0.1) is 22.9 Å². The molecule has 0 aliphatic heterocycles. The molecule has 0 saturated carbocycles. The molecule has 0 bridgehead atoms. The molecule has 2 N–H and O–H groups in total. The summed E-state index contributed by atoms with van der Waals surface area (Å²) in [4.78, 5) is 17.3. The van der Waals surface area contributed by atoms with E-state index in [9.17, 15) is 4.79 Å². The summed E-state index contributed by atoms with van der Waals surface area (Å²) in [6.07, 6.45) is 4.20. The van der Waals surface area contributed by atoms with Crippen molar-refractivity contribution in [2.24, 2.45) is 0 Å². The number of nitrogen functional groups attached to an aromatic ring is 1. The molecular formula is C17H13Cl2N3O. The molecule has 0 spiro atoms. The van der Waals surface area contributed by atoms with E-state index < -0.39 is 0 Å². The number of rotatable bonds is 4. The van der Waals surface area contributed by atoms with Crippen LogP contribution in [0.4, 0.5) is 11.4 Å². The van der Waals surface area contributed by atoms with Gasteiger partial charge in [0.25, 0.3) is 0 Å². The summed E-state index contributed by atoms with van der Waals surface area (Å²) < 4.78 is 0. The van der Waals surface area contributed by atoms with E-state index in [-0.39, 0.29) is 6.54 Å². The molecule has 1 heterocycles. The van der Waals surface area contributed by atoms with E-state index >= 15 is 0 Å². The van der Waals surface area contributed by atoms with Crippen LogP contribution in [-0.4, -0.2) is 11.4 Å². The first-order valence-corrected chi connectivity index (χ1v) is 7.64. The lowest BCUT2D eigenvalue weighted by Crippen LogP contribution is -2.21. The molecule has 0 aliphatic carbocycles. The normalized spacial score (nSPS) is 10.7. The lowest BCUT2D eigenvalue weighted by atomic mass is 10.1. The first-order chi connectivity index (χ1) is 11.1. The molecule has 3 rings (SSSR count). The number of anilines is 2. The molecule has 3 aromatic rings. The third-order valence-electron chi connectivity index (χ3n) is 3.64. The zero-order chi connectivity index (χ0) is 16.4. The highest BCUT2D eigenvalue weighted by molar-refractivity contribution is 6.37. The number of carbonyl (C=O) groups excluding carboxylic acids is 1. The second kappa shape index (κ2) is 6.44. The monoisotopic (exact) mass is 345 g/mol. The van der Waals surface area contributed by atoms with Crippen molar-refractivity contribution in [2.75, 3.05) is 10.6 Å². The van der Waals surface area contributed by atoms with Crippen molar-refractivity contribution in [3.05, 3.63) is 64.4 Å². The van der Waals surface area contributed by atoms with Crippen molar-refractivity contribution in [2.45, 2.75) is 6.54 Å². The predicted molar refractivity (Wildman–Crippen MR) is 94.9 cm³/mol. The number of nitrogens with two attached hydrogens (primary N) is 1. The van der Waals surface area contributed by atoms with Gasteiger partial charge >= 0.3 is 0 Å². The van der Waals surface area contributed by atoms with Crippen LogP contribution >= 0.6 is 23.2 Å². The number of fused-ring (bicyclic) bond motifs is 1. The van der Waals surface area contributed by atoms with Crippen LogP contribution < -0.4 is 10.6 Å². The molecule has 116 valence electrons. The Bertz CT molecular complexity index is 878. The maximum absolute atomic E-state index is 11.7. The fourth-order valence-corrected chi connectivity index (χ4v) is 2.96. The Hall–Kier alpha value is -2.30. The molecule has 0 aliphatic rings. The summed E-state index contributed by atoms with van der Waals surface area (Å²) in [5.41, 5.74) is 7.64. The molecule has 1 aromatic heterocycles. The topological polar surface area (TPSA) is 59.2 Å². The Kier molecular flexibility index (Phi) is 4.37. The Morgan fingerprint density at radius 3 is 2.78 bits per heavy atom. The Morgan fingerprint density at radius 1 is 1.17 bits per heavy atom. The summed E-state index contributed by atoms with van der Waals surface area (Å²) in [7, 11) is 0. The first-order valence-electron chi connectivity index (χ1n) is 6.89. The van der Waals surface area contributed by atoms with Gasteiger partial charge in [0.15, 0.2) is 0 Å². The van der Waals surface area contributed by atoms with E-state index in [1.165, 1.54) is 0 Å². The largest absolute Gasteiger partial charge is 0.398 e. The molecule has 0 fully saturated rings. The van der Waals surface area contributed by atoms with Gasteiger partial charge < -0.3 is 10.6 Å². The number of pyridine rings is 1. The summed E-state index contributed by atoms with van der Waals surface area (Å²) in [6, 6.07) is 10.9. The van der Waals surface area contributed by atoms with Crippen LogP contribution in [0.25, 0.3) is 10.8 Å². The number of nitrogens with zero attached hydrogens (tertiary/aromatic N) is 2. The minimum atomic E-state index is 0.230. The van der Waals surface area contributed by atoms with Crippen LogP contribution in [0.1, 0.15) is 5.56 Å². The van der Waals surface area contributed by atoms with Crippen molar-refractivity contribution in [1.29, 1.82) is 0 Å². The second-order valence-electron chi connectivity index (χ2n) is 5.04. The van der Waals surface area contributed by atoms with E-state index in [2.05, 4.69) is 4.98 Å². The van der Waals surface area contributed by atoms with Crippen LogP contribution in [-0.2, 0) is 11.3 Å². The molecular weight excluding hydrogens is 333 g/mol. The predicted octanol–water partition coefficient (Wildman–Crippen LogP) is 4.29. The van der Waals surface area contributed by atoms with E-state index in [1.54, 1.807) is 29.4 Å². The molecule has 2 aromatic carbocycles.